The molecule has 1 aliphatic heterocycles. The van der Waals surface area contributed by atoms with Crippen LogP contribution in [0.2, 0.25) is 0 Å². The van der Waals surface area contributed by atoms with E-state index in [1.165, 1.54) is 12.1 Å². The number of aliphatic hydroxyl groups excluding tert-OH is 1. The summed E-state index contributed by atoms with van der Waals surface area (Å²) in [6.07, 6.45) is 1.85. The van der Waals surface area contributed by atoms with Crippen molar-refractivity contribution in [3.05, 3.63) is 34.9 Å². The molecule has 4 nitrogen and oxygen atoms in total. The predicted molar refractivity (Wildman–Crippen MR) is 71.5 cm³/mol. The minimum atomic E-state index is -0.964. The second-order valence-electron chi connectivity index (χ2n) is 5.16. The van der Waals surface area contributed by atoms with Crippen LogP contribution >= 0.6 is 0 Å². The standard InChI is InChI=1S/C15H17F2NO3/c16-11-7-9(3-1-2-6-19)8-12(17)14(11)10-4-5-13(20)18-15(10)21/h7-8,10,19H,1-6H2,(H,18,20,21). The summed E-state index contributed by atoms with van der Waals surface area (Å²) in [5, 5.41) is 10.8. The van der Waals surface area contributed by atoms with Crippen LogP contribution in [0.5, 0.6) is 0 Å². The van der Waals surface area contributed by atoms with Crippen molar-refractivity contribution >= 4 is 11.8 Å². The molecular weight excluding hydrogens is 280 g/mol. The molecule has 1 atom stereocenters. The average molecular weight is 297 g/mol. The fourth-order valence-corrected chi connectivity index (χ4v) is 2.52. The summed E-state index contributed by atoms with van der Waals surface area (Å²) < 4.78 is 28.2. The Hall–Kier alpha value is -1.82. The van der Waals surface area contributed by atoms with Crippen LogP contribution in [0.1, 0.15) is 42.7 Å². The van der Waals surface area contributed by atoms with Crippen LogP contribution in [0.3, 0.4) is 0 Å². The molecule has 2 amide bonds. The number of carbonyl (C=O) groups excluding carboxylic acids is 2. The van der Waals surface area contributed by atoms with Crippen molar-refractivity contribution in [1.82, 2.24) is 5.32 Å². The van der Waals surface area contributed by atoms with Gasteiger partial charge in [-0.05, 0) is 43.4 Å². The molecule has 0 bridgehead atoms. The second kappa shape index (κ2) is 6.76. The first-order valence-electron chi connectivity index (χ1n) is 6.95. The van der Waals surface area contributed by atoms with Gasteiger partial charge in [0.25, 0.3) is 0 Å². The largest absolute Gasteiger partial charge is 0.396 e. The lowest BCUT2D eigenvalue weighted by molar-refractivity contribution is -0.134. The molecule has 1 fully saturated rings. The highest BCUT2D eigenvalue weighted by atomic mass is 19.1. The topological polar surface area (TPSA) is 66.4 Å². The number of carbonyl (C=O) groups is 2. The van der Waals surface area contributed by atoms with E-state index in [4.69, 9.17) is 5.11 Å². The van der Waals surface area contributed by atoms with Crippen LogP contribution in [0.25, 0.3) is 0 Å². The van der Waals surface area contributed by atoms with Crippen molar-refractivity contribution in [3.63, 3.8) is 0 Å². The number of benzene rings is 1. The van der Waals surface area contributed by atoms with Crippen LogP contribution < -0.4 is 5.32 Å². The van der Waals surface area contributed by atoms with E-state index in [9.17, 15) is 18.4 Å². The molecule has 0 saturated carbocycles. The highest BCUT2D eigenvalue weighted by Gasteiger charge is 2.32. The van der Waals surface area contributed by atoms with Gasteiger partial charge in [-0.1, -0.05) is 0 Å². The first-order valence-corrected chi connectivity index (χ1v) is 6.95. The van der Waals surface area contributed by atoms with Crippen molar-refractivity contribution in [2.45, 2.75) is 38.0 Å². The lowest BCUT2D eigenvalue weighted by atomic mass is 9.88. The number of amides is 2. The predicted octanol–water partition coefficient (Wildman–Crippen LogP) is 1.80. The molecule has 0 spiro atoms. The maximum absolute atomic E-state index is 14.1. The van der Waals surface area contributed by atoms with Gasteiger partial charge < -0.3 is 5.11 Å². The monoisotopic (exact) mass is 297 g/mol. The van der Waals surface area contributed by atoms with Crippen LogP contribution in [0, 0.1) is 11.6 Å². The number of hydrogen-bond donors (Lipinski definition) is 2. The molecule has 114 valence electrons. The van der Waals surface area contributed by atoms with Crippen molar-refractivity contribution < 1.29 is 23.5 Å². The zero-order valence-electron chi connectivity index (χ0n) is 11.5. The normalized spacial score (nSPS) is 18.7. The lowest BCUT2D eigenvalue weighted by Crippen LogP contribution is -2.40. The summed E-state index contributed by atoms with van der Waals surface area (Å²) in [7, 11) is 0. The van der Waals surface area contributed by atoms with E-state index in [-0.39, 0.29) is 25.0 Å². The SMILES string of the molecule is O=C1CCC(c2c(F)cc(CCCCO)cc2F)C(=O)N1. The number of hydrogen-bond acceptors (Lipinski definition) is 3. The Bertz CT molecular complexity index is 537. The first-order chi connectivity index (χ1) is 10.0. The van der Waals surface area contributed by atoms with Crippen LogP contribution in [-0.2, 0) is 16.0 Å². The molecule has 2 N–H and O–H groups in total. The maximum Gasteiger partial charge on any atom is 0.234 e. The number of imide groups is 1. The fourth-order valence-electron chi connectivity index (χ4n) is 2.52. The molecule has 1 saturated heterocycles. The second-order valence-corrected chi connectivity index (χ2v) is 5.16. The third-order valence-electron chi connectivity index (χ3n) is 3.60. The minimum Gasteiger partial charge on any atom is -0.396 e. The Morgan fingerprint density at radius 2 is 1.86 bits per heavy atom. The van der Waals surface area contributed by atoms with Gasteiger partial charge in [-0.15, -0.1) is 0 Å². The minimum absolute atomic E-state index is 0.0410. The molecular formula is C15H17F2NO3. The van der Waals surface area contributed by atoms with Gasteiger partial charge in [-0.3, -0.25) is 14.9 Å². The molecule has 1 unspecified atom stereocenters. The van der Waals surface area contributed by atoms with Crippen molar-refractivity contribution in [2.24, 2.45) is 0 Å². The Labute approximate surface area is 121 Å². The number of piperidine rings is 1. The number of unbranched alkanes of at least 4 members (excludes halogenated alkanes) is 1. The molecule has 1 aromatic carbocycles. The highest BCUT2D eigenvalue weighted by molar-refractivity contribution is 6.00. The molecule has 0 aliphatic carbocycles. The Morgan fingerprint density at radius 3 is 2.43 bits per heavy atom. The fraction of sp³-hybridized carbons (Fsp3) is 0.467. The van der Waals surface area contributed by atoms with Crippen molar-refractivity contribution in [3.8, 4) is 0 Å². The number of halogens is 2. The zero-order chi connectivity index (χ0) is 15.4. The quantitative estimate of drug-likeness (QED) is 0.643. The molecule has 0 aromatic heterocycles. The first kappa shape index (κ1) is 15.6. The van der Waals surface area contributed by atoms with Gasteiger partial charge in [0.15, 0.2) is 0 Å². The van der Waals surface area contributed by atoms with E-state index in [2.05, 4.69) is 5.32 Å². The van der Waals surface area contributed by atoms with Gasteiger partial charge in [0, 0.05) is 18.6 Å². The van der Waals surface area contributed by atoms with Crippen LogP contribution in [-0.4, -0.2) is 23.5 Å². The number of rotatable bonds is 5. The van der Waals surface area contributed by atoms with Gasteiger partial charge in [0.05, 0.1) is 5.92 Å². The van der Waals surface area contributed by atoms with E-state index in [0.717, 1.165) is 0 Å². The van der Waals surface area contributed by atoms with E-state index < -0.39 is 29.4 Å². The summed E-state index contributed by atoms with van der Waals surface area (Å²) in [5.41, 5.74) is 0.223. The Morgan fingerprint density at radius 1 is 1.19 bits per heavy atom. The van der Waals surface area contributed by atoms with Crippen LogP contribution in [0.15, 0.2) is 12.1 Å². The highest BCUT2D eigenvalue weighted by Crippen LogP contribution is 2.30. The van der Waals surface area contributed by atoms with E-state index in [0.29, 0.717) is 24.8 Å². The van der Waals surface area contributed by atoms with Gasteiger partial charge in [0.1, 0.15) is 11.6 Å². The molecule has 1 aliphatic rings. The average Bonchev–Trinajstić information content (AvgIpc) is 2.41. The molecule has 2 rings (SSSR count). The third kappa shape index (κ3) is 3.64. The smallest absolute Gasteiger partial charge is 0.234 e. The van der Waals surface area contributed by atoms with Crippen molar-refractivity contribution in [1.29, 1.82) is 0 Å². The summed E-state index contributed by atoms with van der Waals surface area (Å²) >= 11 is 0. The zero-order valence-corrected chi connectivity index (χ0v) is 11.5. The summed E-state index contributed by atoms with van der Waals surface area (Å²) in [5.74, 6) is -3.56. The molecule has 21 heavy (non-hydrogen) atoms. The number of aryl methyl sites for hydroxylation is 1. The third-order valence-corrected chi connectivity index (χ3v) is 3.60. The number of nitrogens with one attached hydrogen (secondary N) is 1. The number of aliphatic hydroxyl groups is 1. The van der Waals surface area contributed by atoms with Gasteiger partial charge >= 0.3 is 0 Å². The summed E-state index contributed by atoms with van der Waals surface area (Å²) in [6, 6.07) is 2.44. The van der Waals surface area contributed by atoms with Gasteiger partial charge in [-0.25, -0.2) is 8.78 Å². The molecule has 6 heteroatoms. The Balaban J connectivity index is 2.20. The molecule has 0 radical (unpaired) electrons. The van der Waals surface area contributed by atoms with Gasteiger partial charge in [-0.2, -0.15) is 0 Å². The molecule has 1 aromatic rings. The van der Waals surface area contributed by atoms with E-state index >= 15 is 0 Å². The lowest BCUT2D eigenvalue weighted by Gasteiger charge is -2.22. The molecule has 1 heterocycles. The van der Waals surface area contributed by atoms with E-state index in [1.807, 2.05) is 0 Å². The van der Waals surface area contributed by atoms with E-state index in [1.54, 1.807) is 0 Å². The van der Waals surface area contributed by atoms with Crippen LogP contribution in [0.4, 0.5) is 8.78 Å². The van der Waals surface area contributed by atoms with Gasteiger partial charge in [0.2, 0.25) is 11.8 Å². The summed E-state index contributed by atoms with van der Waals surface area (Å²) in [6.45, 7) is 0.0410. The maximum atomic E-state index is 14.1. The summed E-state index contributed by atoms with van der Waals surface area (Å²) in [4.78, 5) is 22.8. The Kier molecular flexibility index (Phi) is 5.01. The van der Waals surface area contributed by atoms with Crippen molar-refractivity contribution in [2.75, 3.05) is 6.61 Å².